The van der Waals surface area contributed by atoms with Crippen LogP contribution in [0, 0.1) is 0 Å². The molecule has 1 aromatic carbocycles. The van der Waals surface area contributed by atoms with Crippen LogP contribution in [0.3, 0.4) is 0 Å². The Labute approximate surface area is 142 Å². The Morgan fingerprint density at radius 1 is 1.08 bits per heavy atom. The molecule has 0 unspecified atom stereocenters. The zero-order valence-electron chi connectivity index (χ0n) is 14.0. The standard InChI is InChI=1S/C19H25NO4/c21-17(20-16-6-8-19(9-7-16)22-12-13-23-19)24-18(10-11-18)14-15-4-2-1-3-5-15/h1-5,16H,6-14H2,(H,20,21). The number of hydrogen-bond acceptors (Lipinski definition) is 4. The molecule has 5 nitrogen and oxygen atoms in total. The van der Waals surface area contributed by atoms with E-state index in [0.29, 0.717) is 13.2 Å². The molecule has 5 heteroatoms. The van der Waals surface area contributed by atoms with Gasteiger partial charge in [0.15, 0.2) is 5.79 Å². The number of carbonyl (C=O) groups is 1. The third kappa shape index (κ3) is 3.57. The van der Waals surface area contributed by atoms with Crippen molar-refractivity contribution in [2.75, 3.05) is 13.2 Å². The summed E-state index contributed by atoms with van der Waals surface area (Å²) < 4.78 is 17.2. The second-order valence-corrected chi connectivity index (χ2v) is 7.26. The number of ether oxygens (including phenoxy) is 3. The Morgan fingerprint density at radius 3 is 2.38 bits per heavy atom. The van der Waals surface area contributed by atoms with Gasteiger partial charge in [-0.1, -0.05) is 30.3 Å². The van der Waals surface area contributed by atoms with Gasteiger partial charge in [-0.15, -0.1) is 0 Å². The summed E-state index contributed by atoms with van der Waals surface area (Å²) >= 11 is 0. The Hall–Kier alpha value is -1.59. The molecule has 1 saturated heterocycles. The molecule has 2 aliphatic carbocycles. The number of rotatable bonds is 4. The topological polar surface area (TPSA) is 56.8 Å². The summed E-state index contributed by atoms with van der Waals surface area (Å²) in [5.74, 6) is -0.382. The van der Waals surface area contributed by atoms with Crippen molar-refractivity contribution in [2.24, 2.45) is 0 Å². The van der Waals surface area contributed by atoms with Crippen LogP contribution in [0.1, 0.15) is 44.1 Å². The van der Waals surface area contributed by atoms with Crippen molar-refractivity contribution in [3.8, 4) is 0 Å². The van der Waals surface area contributed by atoms with Crippen molar-refractivity contribution in [3.05, 3.63) is 35.9 Å². The third-order valence-electron chi connectivity index (χ3n) is 5.37. The predicted molar refractivity (Wildman–Crippen MR) is 88.6 cm³/mol. The molecule has 130 valence electrons. The molecule has 0 atom stereocenters. The molecule has 1 spiro atoms. The summed E-state index contributed by atoms with van der Waals surface area (Å²) in [5, 5.41) is 3.03. The van der Waals surface area contributed by atoms with Gasteiger partial charge in [0.05, 0.1) is 13.2 Å². The SMILES string of the molecule is O=C(NC1CCC2(CC1)OCCO2)OC1(Cc2ccccc2)CC1. The molecular weight excluding hydrogens is 306 g/mol. The Morgan fingerprint density at radius 2 is 1.75 bits per heavy atom. The molecule has 1 aliphatic heterocycles. The largest absolute Gasteiger partial charge is 0.443 e. The molecule has 1 N–H and O–H groups in total. The van der Waals surface area contributed by atoms with Gasteiger partial charge in [-0.25, -0.2) is 4.79 Å². The number of alkyl carbamates (subject to hydrolysis) is 1. The van der Waals surface area contributed by atoms with Gasteiger partial charge < -0.3 is 19.5 Å². The van der Waals surface area contributed by atoms with E-state index in [2.05, 4.69) is 17.4 Å². The maximum atomic E-state index is 12.3. The first-order valence-electron chi connectivity index (χ1n) is 8.99. The van der Waals surface area contributed by atoms with Crippen molar-refractivity contribution >= 4 is 6.09 Å². The molecule has 2 saturated carbocycles. The molecule has 1 amide bonds. The van der Waals surface area contributed by atoms with E-state index < -0.39 is 0 Å². The summed E-state index contributed by atoms with van der Waals surface area (Å²) in [4.78, 5) is 12.3. The van der Waals surface area contributed by atoms with Crippen molar-refractivity contribution in [1.82, 2.24) is 5.32 Å². The minimum Gasteiger partial charge on any atom is -0.443 e. The van der Waals surface area contributed by atoms with Gasteiger partial charge in [0.1, 0.15) is 5.60 Å². The molecule has 3 fully saturated rings. The average Bonchev–Trinajstić information content (AvgIpc) is 3.17. The molecule has 0 aromatic heterocycles. The van der Waals surface area contributed by atoms with E-state index in [0.717, 1.165) is 44.9 Å². The fourth-order valence-electron chi connectivity index (χ4n) is 3.80. The zero-order chi connectivity index (χ0) is 16.5. The van der Waals surface area contributed by atoms with Crippen LogP contribution in [0.4, 0.5) is 4.79 Å². The second kappa shape index (κ2) is 6.37. The van der Waals surface area contributed by atoms with Crippen LogP contribution >= 0.6 is 0 Å². The predicted octanol–water partition coefficient (Wildman–Crippen LogP) is 3.17. The van der Waals surface area contributed by atoms with Gasteiger partial charge in [0, 0.05) is 25.3 Å². The summed E-state index contributed by atoms with van der Waals surface area (Å²) in [6, 6.07) is 10.4. The molecule has 0 bridgehead atoms. The van der Waals surface area contributed by atoms with E-state index in [1.807, 2.05) is 18.2 Å². The normalized spacial score (nSPS) is 24.7. The summed E-state index contributed by atoms with van der Waals surface area (Å²) in [7, 11) is 0. The van der Waals surface area contributed by atoms with E-state index in [1.54, 1.807) is 0 Å². The first kappa shape index (κ1) is 15.9. The van der Waals surface area contributed by atoms with Crippen LogP contribution in [0.15, 0.2) is 30.3 Å². The lowest BCUT2D eigenvalue weighted by Gasteiger charge is -2.35. The van der Waals surface area contributed by atoms with Crippen LogP contribution in [0.2, 0.25) is 0 Å². The molecular formula is C19H25NO4. The number of carbonyl (C=O) groups excluding carboxylic acids is 1. The number of nitrogens with one attached hydrogen (secondary N) is 1. The molecule has 3 aliphatic rings. The van der Waals surface area contributed by atoms with E-state index in [1.165, 1.54) is 5.56 Å². The average molecular weight is 331 g/mol. The van der Waals surface area contributed by atoms with E-state index in [9.17, 15) is 4.79 Å². The van der Waals surface area contributed by atoms with E-state index in [4.69, 9.17) is 14.2 Å². The molecule has 0 radical (unpaired) electrons. The number of amides is 1. The minimum atomic E-state index is -0.382. The van der Waals surface area contributed by atoms with Gasteiger partial charge in [0.2, 0.25) is 0 Å². The zero-order valence-corrected chi connectivity index (χ0v) is 14.0. The molecule has 1 heterocycles. The Balaban J connectivity index is 1.25. The van der Waals surface area contributed by atoms with E-state index >= 15 is 0 Å². The minimum absolute atomic E-state index is 0.156. The van der Waals surface area contributed by atoms with Crippen molar-refractivity contribution < 1.29 is 19.0 Å². The van der Waals surface area contributed by atoms with Gasteiger partial charge in [-0.3, -0.25) is 0 Å². The fourth-order valence-corrected chi connectivity index (χ4v) is 3.80. The fraction of sp³-hybridized carbons (Fsp3) is 0.632. The van der Waals surface area contributed by atoms with E-state index in [-0.39, 0.29) is 23.5 Å². The van der Waals surface area contributed by atoms with Gasteiger partial charge in [-0.05, 0) is 31.2 Å². The molecule has 24 heavy (non-hydrogen) atoms. The first-order valence-corrected chi connectivity index (χ1v) is 8.99. The van der Waals surface area contributed by atoms with Crippen molar-refractivity contribution in [2.45, 2.75) is 62.4 Å². The van der Waals surface area contributed by atoms with Crippen LogP contribution in [-0.2, 0) is 20.6 Å². The lowest BCUT2D eigenvalue weighted by atomic mass is 9.90. The van der Waals surface area contributed by atoms with Crippen LogP contribution < -0.4 is 5.32 Å². The highest BCUT2D eigenvalue weighted by Gasteiger charge is 2.47. The molecule has 1 aromatic rings. The second-order valence-electron chi connectivity index (χ2n) is 7.26. The Bertz CT molecular complexity index is 568. The van der Waals surface area contributed by atoms with Crippen LogP contribution in [0.25, 0.3) is 0 Å². The number of hydrogen-bond donors (Lipinski definition) is 1. The van der Waals surface area contributed by atoms with Crippen LogP contribution in [-0.4, -0.2) is 36.7 Å². The lowest BCUT2D eigenvalue weighted by molar-refractivity contribution is -0.179. The highest BCUT2D eigenvalue weighted by Crippen LogP contribution is 2.43. The highest BCUT2D eigenvalue weighted by atomic mass is 16.7. The van der Waals surface area contributed by atoms with Gasteiger partial charge >= 0.3 is 6.09 Å². The first-order chi connectivity index (χ1) is 11.7. The summed E-state index contributed by atoms with van der Waals surface area (Å²) in [6.07, 6.45) is 5.85. The quantitative estimate of drug-likeness (QED) is 0.921. The third-order valence-corrected chi connectivity index (χ3v) is 5.37. The smallest absolute Gasteiger partial charge is 0.407 e. The summed E-state index contributed by atoms with van der Waals surface area (Å²) in [5.41, 5.74) is 0.928. The van der Waals surface area contributed by atoms with Crippen molar-refractivity contribution in [1.29, 1.82) is 0 Å². The number of benzene rings is 1. The van der Waals surface area contributed by atoms with Gasteiger partial charge in [-0.2, -0.15) is 0 Å². The van der Waals surface area contributed by atoms with Crippen molar-refractivity contribution in [3.63, 3.8) is 0 Å². The maximum absolute atomic E-state index is 12.3. The molecule has 4 rings (SSSR count). The Kier molecular flexibility index (Phi) is 4.22. The maximum Gasteiger partial charge on any atom is 0.407 e. The monoisotopic (exact) mass is 331 g/mol. The summed E-state index contributed by atoms with van der Waals surface area (Å²) in [6.45, 7) is 1.37. The lowest BCUT2D eigenvalue weighted by Crippen LogP contribution is -2.45. The highest BCUT2D eigenvalue weighted by molar-refractivity contribution is 5.68. The van der Waals surface area contributed by atoms with Crippen LogP contribution in [0.5, 0.6) is 0 Å². The van der Waals surface area contributed by atoms with Gasteiger partial charge in [0.25, 0.3) is 0 Å².